The Labute approximate surface area is 88.4 Å². The summed E-state index contributed by atoms with van der Waals surface area (Å²) in [5.74, 6) is 0.0599. The van der Waals surface area contributed by atoms with E-state index in [1.807, 2.05) is 20.8 Å². The Kier molecular flexibility index (Phi) is 6.33. The van der Waals surface area contributed by atoms with E-state index in [-0.39, 0.29) is 11.5 Å². The summed E-state index contributed by atoms with van der Waals surface area (Å²) in [6, 6.07) is 0. The quantitative estimate of drug-likeness (QED) is 0.731. The van der Waals surface area contributed by atoms with Gasteiger partial charge in [0.15, 0.2) is 0 Å². The van der Waals surface area contributed by atoms with Crippen LogP contribution in [0.15, 0.2) is 0 Å². The molecule has 0 unspecified atom stereocenters. The van der Waals surface area contributed by atoms with Crippen molar-refractivity contribution in [2.75, 3.05) is 18.5 Å². The monoisotopic (exact) mass is 251 g/mol. The van der Waals surface area contributed by atoms with Gasteiger partial charge in [-0.05, 0) is 20.8 Å². The second-order valence-electron chi connectivity index (χ2n) is 3.41. The van der Waals surface area contributed by atoms with E-state index in [1.165, 1.54) is 0 Å². The number of hydrogen-bond acceptors (Lipinski definition) is 2. The third-order valence-corrected chi connectivity index (χ3v) is 1.96. The van der Waals surface area contributed by atoms with E-state index in [1.54, 1.807) is 0 Å². The number of rotatable bonds is 6. The molecule has 0 aromatic heterocycles. The van der Waals surface area contributed by atoms with Crippen molar-refractivity contribution in [1.82, 2.24) is 5.32 Å². The molecule has 0 fully saturated rings. The first-order valence-electron chi connectivity index (χ1n) is 4.48. The van der Waals surface area contributed by atoms with Crippen molar-refractivity contribution in [3.05, 3.63) is 0 Å². The molecule has 0 aromatic rings. The molecule has 0 spiro atoms. The fourth-order valence-corrected chi connectivity index (χ4v) is 1.29. The van der Waals surface area contributed by atoms with Crippen LogP contribution in [0.1, 0.15) is 27.2 Å². The number of halogens is 1. The van der Waals surface area contributed by atoms with E-state index >= 15 is 0 Å². The van der Waals surface area contributed by atoms with Crippen molar-refractivity contribution in [3.8, 4) is 0 Å². The van der Waals surface area contributed by atoms with Gasteiger partial charge < -0.3 is 10.1 Å². The molecule has 0 radical (unpaired) electrons. The topological polar surface area (TPSA) is 38.3 Å². The zero-order chi connectivity index (χ0) is 10.3. The Bertz CT molecular complexity index is 160. The molecule has 0 atom stereocenters. The maximum absolute atomic E-state index is 11.1. The lowest BCUT2D eigenvalue weighted by Gasteiger charge is -2.24. The largest absolute Gasteiger partial charge is 0.374 e. The molecule has 78 valence electrons. The van der Waals surface area contributed by atoms with Gasteiger partial charge in [0.05, 0.1) is 5.60 Å². The van der Waals surface area contributed by atoms with Gasteiger partial charge in [-0.3, -0.25) is 4.79 Å². The number of carbonyl (C=O) groups is 1. The molecule has 1 N–H and O–H groups in total. The van der Waals surface area contributed by atoms with E-state index in [0.29, 0.717) is 24.9 Å². The summed E-state index contributed by atoms with van der Waals surface area (Å²) in [4.78, 5) is 11.1. The predicted octanol–water partition coefficient (Wildman–Crippen LogP) is 1.70. The SMILES string of the molecule is CCOC(C)(C)CNC(=O)CCBr. The van der Waals surface area contributed by atoms with Crippen molar-refractivity contribution in [3.63, 3.8) is 0 Å². The summed E-state index contributed by atoms with van der Waals surface area (Å²) >= 11 is 3.21. The average molecular weight is 252 g/mol. The van der Waals surface area contributed by atoms with Crippen molar-refractivity contribution in [2.24, 2.45) is 0 Å². The van der Waals surface area contributed by atoms with Crippen LogP contribution in [0, 0.1) is 0 Å². The van der Waals surface area contributed by atoms with Crippen molar-refractivity contribution in [2.45, 2.75) is 32.8 Å². The third-order valence-electron chi connectivity index (χ3n) is 1.57. The standard InChI is InChI=1S/C9H18BrNO2/c1-4-13-9(2,3)7-11-8(12)5-6-10/h4-7H2,1-3H3,(H,11,12). The molecular weight excluding hydrogens is 234 g/mol. The lowest BCUT2D eigenvalue weighted by molar-refractivity contribution is -0.122. The molecule has 13 heavy (non-hydrogen) atoms. The Morgan fingerprint density at radius 3 is 2.62 bits per heavy atom. The molecule has 0 rings (SSSR count). The van der Waals surface area contributed by atoms with Crippen LogP contribution < -0.4 is 5.32 Å². The van der Waals surface area contributed by atoms with Crippen molar-refractivity contribution < 1.29 is 9.53 Å². The Hall–Kier alpha value is -0.0900. The van der Waals surface area contributed by atoms with Crippen LogP contribution in [-0.2, 0) is 9.53 Å². The molecule has 0 saturated carbocycles. The molecule has 0 aliphatic carbocycles. The van der Waals surface area contributed by atoms with Gasteiger partial charge in [-0.1, -0.05) is 15.9 Å². The molecule has 4 heteroatoms. The molecule has 0 saturated heterocycles. The normalized spacial score (nSPS) is 11.4. The minimum Gasteiger partial charge on any atom is -0.374 e. The maximum Gasteiger partial charge on any atom is 0.220 e. The number of alkyl halides is 1. The summed E-state index contributed by atoms with van der Waals surface area (Å²) in [7, 11) is 0. The van der Waals surface area contributed by atoms with E-state index in [0.717, 1.165) is 0 Å². The molecule has 0 aliphatic rings. The van der Waals surface area contributed by atoms with Crippen molar-refractivity contribution >= 4 is 21.8 Å². The van der Waals surface area contributed by atoms with Gasteiger partial charge in [0.2, 0.25) is 5.91 Å². The van der Waals surface area contributed by atoms with Gasteiger partial charge in [-0.2, -0.15) is 0 Å². The van der Waals surface area contributed by atoms with Crippen molar-refractivity contribution in [1.29, 1.82) is 0 Å². The highest BCUT2D eigenvalue weighted by molar-refractivity contribution is 9.09. The maximum atomic E-state index is 11.1. The smallest absolute Gasteiger partial charge is 0.220 e. The van der Waals surface area contributed by atoms with Gasteiger partial charge in [-0.15, -0.1) is 0 Å². The predicted molar refractivity (Wildman–Crippen MR) is 57.1 cm³/mol. The lowest BCUT2D eigenvalue weighted by Crippen LogP contribution is -2.40. The Morgan fingerprint density at radius 1 is 1.54 bits per heavy atom. The zero-order valence-electron chi connectivity index (χ0n) is 8.52. The van der Waals surface area contributed by atoms with E-state index < -0.39 is 0 Å². The highest BCUT2D eigenvalue weighted by atomic mass is 79.9. The number of hydrogen-bond donors (Lipinski definition) is 1. The first-order chi connectivity index (χ1) is 6.02. The Balaban J connectivity index is 3.67. The minimum atomic E-state index is -0.267. The fourth-order valence-electron chi connectivity index (χ4n) is 0.927. The molecular formula is C9H18BrNO2. The van der Waals surface area contributed by atoms with Crippen LogP contribution in [0.4, 0.5) is 0 Å². The van der Waals surface area contributed by atoms with Crippen LogP contribution in [0.5, 0.6) is 0 Å². The number of amides is 1. The summed E-state index contributed by atoms with van der Waals surface area (Å²) in [6.45, 7) is 7.10. The number of nitrogens with one attached hydrogen (secondary N) is 1. The molecule has 1 amide bonds. The highest BCUT2D eigenvalue weighted by Gasteiger charge is 2.17. The third kappa shape index (κ3) is 7.02. The van der Waals surface area contributed by atoms with Crippen LogP contribution in [0.25, 0.3) is 0 Å². The van der Waals surface area contributed by atoms with E-state index in [4.69, 9.17) is 4.74 Å². The van der Waals surface area contributed by atoms with Gasteiger partial charge in [0.25, 0.3) is 0 Å². The summed E-state index contributed by atoms with van der Waals surface area (Å²) in [5.41, 5.74) is -0.267. The first kappa shape index (κ1) is 12.9. The zero-order valence-corrected chi connectivity index (χ0v) is 10.1. The second kappa shape index (κ2) is 6.38. The first-order valence-corrected chi connectivity index (χ1v) is 5.60. The second-order valence-corrected chi connectivity index (χ2v) is 4.20. The molecule has 0 aromatic carbocycles. The van der Waals surface area contributed by atoms with Gasteiger partial charge in [0.1, 0.15) is 0 Å². The summed E-state index contributed by atoms with van der Waals surface area (Å²) in [6.07, 6.45) is 0.516. The molecule has 0 aliphatic heterocycles. The molecule has 0 heterocycles. The molecule has 3 nitrogen and oxygen atoms in total. The van der Waals surface area contributed by atoms with Crippen LogP contribution in [-0.4, -0.2) is 30.0 Å². The minimum absolute atomic E-state index is 0.0599. The van der Waals surface area contributed by atoms with Gasteiger partial charge in [-0.25, -0.2) is 0 Å². The fraction of sp³-hybridized carbons (Fsp3) is 0.889. The number of carbonyl (C=O) groups excluding carboxylic acids is 1. The Morgan fingerprint density at radius 2 is 2.15 bits per heavy atom. The molecule has 0 bridgehead atoms. The van der Waals surface area contributed by atoms with Gasteiger partial charge >= 0.3 is 0 Å². The average Bonchev–Trinajstić information content (AvgIpc) is 2.02. The van der Waals surface area contributed by atoms with Crippen LogP contribution >= 0.6 is 15.9 Å². The van der Waals surface area contributed by atoms with Crippen LogP contribution in [0.3, 0.4) is 0 Å². The van der Waals surface area contributed by atoms with Gasteiger partial charge in [0, 0.05) is 24.9 Å². The summed E-state index contributed by atoms with van der Waals surface area (Å²) in [5, 5.41) is 3.52. The highest BCUT2D eigenvalue weighted by Crippen LogP contribution is 2.06. The van der Waals surface area contributed by atoms with E-state index in [2.05, 4.69) is 21.2 Å². The lowest BCUT2D eigenvalue weighted by atomic mass is 10.1. The van der Waals surface area contributed by atoms with E-state index in [9.17, 15) is 4.79 Å². The summed E-state index contributed by atoms with van der Waals surface area (Å²) < 4.78 is 5.43. The van der Waals surface area contributed by atoms with Crippen LogP contribution in [0.2, 0.25) is 0 Å². The number of ether oxygens (including phenoxy) is 1.